The molecule has 2 amide bonds. The molecule has 0 saturated carbocycles. The second kappa shape index (κ2) is 16.7. The molecule has 0 fully saturated rings. The molecule has 3 N–H and O–H groups in total. The van der Waals surface area contributed by atoms with Crippen molar-refractivity contribution in [2.45, 2.75) is 77.9 Å². The van der Waals surface area contributed by atoms with Crippen LogP contribution in [0.3, 0.4) is 0 Å². The summed E-state index contributed by atoms with van der Waals surface area (Å²) in [5.74, 6) is 1.42. The zero-order valence-electron chi connectivity index (χ0n) is 26.4. The number of fused-ring (bicyclic) bond motifs is 3. The van der Waals surface area contributed by atoms with Crippen LogP contribution in [-0.2, 0) is 20.7 Å². The van der Waals surface area contributed by atoms with Gasteiger partial charge in [-0.05, 0) is 80.8 Å². The average Bonchev–Trinajstić information content (AvgIpc) is 3.21. The smallest absolute Gasteiger partial charge is 0.219 e. The third-order valence-corrected chi connectivity index (χ3v) is 7.41. The first kappa shape index (κ1) is 33.7. The Morgan fingerprint density at radius 1 is 0.953 bits per heavy atom. The highest BCUT2D eigenvalue weighted by Gasteiger charge is 2.29. The van der Waals surface area contributed by atoms with Crippen molar-refractivity contribution in [3.8, 4) is 28.4 Å². The van der Waals surface area contributed by atoms with Crippen LogP contribution in [0.4, 0.5) is 5.69 Å². The Balaban J connectivity index is 1.73. The predicted molar refractivity (Wildman–Crippen MR) is 168 cm³/mol. The molecule has 10 heteroatoms. The van der Waals surface area contributed by atoms with Crippen LogP contribution in [0.25, 0.3) is 11.1 Å². The van der Waals surface area contributed by atoms with Crippen molar-refractivity contribution in [1.82, 2.24) is 10.6 Å². The molecule has 0 spiro atoms. The monoisotopic (exact) mass is 597 g/mol. The van der Waals surface area contributed by atoms with Gasteiger partial charge in [0.15, 0.2) is 11.5 Å². The lowest BCUT2D eigenvalue weighted by molar-refractivity contribution is -0.121. The Morgan fingerprint density at radius 2 is 1.72 bits per heavy atom. The van der Waals surface area contributed by atoms with Gasteiger partial charge in [-0.15, -0.1) is 0 Å². The van der Waals surface area contributed by atoms with E-state index in [1.807, 2.05) is 26.0 Å². The molecule has 3 rings (SSSR count). The minimum atomic E-state index is -0.358. The minimum Gasteiger partial charge on any atom is -0.493 e. The highest BCUT2D eigenvalue weighted by molar-refractivity contribution is 5.83. The van der Waals surface area contributed by atoms with Crippen LogP contribution in [0.5, 0.6) is 17.2 Å². The largest absolute Gasteiger partial charge is 0.493 e. The van der Waals surface area contributed by atoms with Crippen molar-refractivity contribution in [1.29, 1.82) is 0 Å². The minimum absolute atomic E-state index is 0.0506. The fraction of sp³-hybridized carbons (Fsp3) is 0.545. The fourth-order valence-electron chi connectivity index (χ4n) is 5.37. The van der Waals surface area contributed by atoms with E-state index in [2.05, 4.69) is 16.0 Å². The molecule has 0 aromatic heterocycles. The van der Waals surface area contributed by atoms with Gasteiger partial charge in [-0.2, -0.15) is 0 Å². The summed E-state index contributed by atoms with van der Waals surface area (Å²) in [6, 6.07) is 6.88. The molecule has 1 aliphatic rings. The number of aryl methyl sites for hydroxylation is 1. The second-order valence-corrected chi connectivity index (χ2v) is 11.0. The van der Waals surface area contributed by atoms with Crippen LogP contribution >= 0.6 is 0 Å². The average molecular weight is 598 g/mol. The van der Waals surface area contributed by atoms with Gasteiger partial charge < -0.3 is 34.9 Å². The first-order valence-electron chi connectivity index (χ1n) is 15.1. The summed E-state index contributed by atoms with van der Waals surface area (Å²) in [5, 5.41) is 9.24. The van der Waals surface area contributed by atoms with Crippen LogP contribution in [-0.4, -0.2) is 58.9 Å². The quantitative estimate of drug-likeness (QED) is 0.237. The molecule has 236 valence electrons. The maximum absolute atomic E-state index is 13.4. The summed E-state index contributed by atoms with van der Waals surface area (Å²) in [7, 11) is 4.72. The van der Waals surface area contributed by atoms with E-state index < -0.39 is 0 Å². The van der Waals surface area contributed by atoms with Crippen LogP contribution in [0, 0.1) is 0 Å². The molecule has 43 heavy (non-hydrogen) atoms. The number of amides is 2. The number of anilines is 1. The molecule has 0 unspecified atom stereocenters. The van der Waals surface area contributed by atoms with Crippen molar-refractivity contribution in [3.63, 3.8) is 0 Å². The van der Waals surface area contributed by atoms with Crippen molar-refractivity contribution in [3.05, 3.63) is 45.6 Å². The van der Waals surface area contributed by atoms with E-state index in [0.717, 1.165) is 47.9 Å². The maximum atomic E-state index is 13.4. The molecule has 0 radical (unpaired) electrons. The van der Waals surface area contributed by atoms with E-state index in [9.17, 15) is 14.4 Å². The third-order valence-electron chi connectivity index (χ3n) is 7.41. The van der Waals surface area contributed by atoms with Gasteiger partial charge in [0, 0.05) is 38.6 Å². The van der Waals surface area contributed by atoms with Gasteiger partial charge in [0.05, 0.1) is 39.2 Å². The van der Waals surface area contributed by atoms with Gasteiger partial charge in [-0.1, -0.05) is 12.5 Å². The van der Waals surface area contributed by atoms with Crippen LogP contribution in [0.15, 0.2) is 29.1 Å². The van der Waals surface area contributed by atoms with E-state index in [4.69, 9.17) is 18.9 Å². The van der Waals surface area contributed by atoms with Gasteiger partial charge in [-0.3, -0.25) is 14.4 Å². The van der Waals surface area contributed by atoms with Crippen LogP contribution < -0.4 is 35.6 Å². The van der Waals surface area contributed by atoms with E-state index in [-0.39, 0.29) is 29.4 Å². The van der Waals surface area contributed by atoms with Crippen LogP contribution in [0.1, 0.15) is 76.5 Å². The number of hydrogen-bond acceptors (Lipinski definition) is 8. The molecular weight excluding hydrogens is 550 g/mol. The number of methoxy groups -OCH3 is 3. The van der Waals surface area contributed by atoms with E-state index >= 15 is 0 Å². The van der Waals surface area contributed by atoms with E-state index in [0.29, 0.717) is 61.9 Å². The summed E-state index contributed by atoms with van der Waals surface area (Å²) in [5.41, 5.74) is 3.60. The lowest BCUT2D eigenvalue weighted by atomic mass is 9.95. The van der Waals surface area contributed by atoms with Crippen LogP contribution in [0.2, 0.25) is 0 Å². The van der Waals surface area contributed by atoms with E-state index in [1.54, 1.807) is 33.5 Å². The molecule has 0 heterocycles. The first-order chi connectivity index (χ1) is 20.7. The van der Waals surface area contributed by atoms with Crippen molar-refractivity contribution >= 4 is 17.5 Å². The summed E-state index contributed by atoms with van der Waals surface area (Å²) in [4.78, 5) is 37.6. The normalized spacial score (nSPS) is 13.8. The number of nitrogens with one attached hydrogen (secondary N) is 3. The summed E-state index contributed by atoms with van der Waals surface area (Å²) in [6.07, 6.45) is 5.16. The Hall–Kier alpha value is -3.79. The topological polar surface area (TPSA) is 124 Å². The van der Waals surface area contributed by atoms with E-state index in [1.165, 1.54) is 6.92 Å². The Morgan fingerprint density at radius 3 is 2.40 bits per heavy atom. The first-order valence-corrected chi connectivity index (χ1v) is 15.1. The Labute approximate surface area is 254 Å². The standard InChI is InChI=1S/C33H47N3O7/c1-21(2)43-18-10-17-35-30(39)11-8-7-9-16-34-27-15-13-24-25(20-28(27)38)26(36-22(3)37)14-12-23-19-29(40-4)32(41-5)33(42-6)31(23)24/h13,15,19-21,26H,7-12,14,16-18H2,1-6H3,(H,34,38)(H,35,39)(H,36,37)/t26-/m1/s1. The lowest BCUT2D eigenvalue weighted by Gasteiger charge is -2.19. The van der Waals surface area contributed by atoms with Gasteiger partial charge in [0.1, 0.15) is 0 Å². The molecule has 1 atom stereocenters. The fourth-order valence-corrected chi connectivity index (χ4v) is 5.37. The number of hydrogen-bond donors (Lipinski definition) is 3. The molecule has 10 nitrogen and oxygen atoms in total. The molecular formula is C33H47N3O7. The second-order valence-electron chi connectivity index (χ2n) is 11.0. The van der Waals surface area contributed by atoms with Crippen molar-refractivity contribution < 1.29 is 28.5 Å². The number of unbranched alkanes of at least 4 members (excludes halogenated alkanes) is 2. The molecule has 0 aliphatic heterocycles. The van der Waals surface area contributed by atoms with Gasteiger partial charge in [0.2, 0.25) is 23.0 Å². The van der Waals surface area contributed by atoms with Crippen molar-refractivity contribution in [2.24, 2.45) is 0 Å². The summed E-state index contributed by atoms with van der Waals surface area (Å²) in [6.45, 7) is 7.32. The van der Waals surface area contributed by atoms with Crippen molar-refractivity contribution in [2.75, 3.05) is 46.3 Å². The number of carbonyl (C=O) groups is 2. The maximum Gasteiger partial charge on any atom is 0.219 e. The third kappa shape index (κ3) is 9.35. The molecule has 1 aliphatic carbocycles. The number of benzene rings is 1. The van der Waals surface area contributed by atoms with Gasteiger partial charge in [-0.25, -0.2) is 0 Å². The number of carbonyl (C=O) groups excluding carboxylic acids is 2. The summed E-state index contributed by atoms with van der Waals surface area (Å²) < 4.78 is 22.6. The SMILES string of the molecule is COc1cc2c(c(OC)c1OC)-c1ccc(NCCCCCC(=O)NCCCOC(C)C)c(=O)cc1[C@H](NC(C)=O)CC2. The molecule has 0 bridgehead atoms. The highest BCUT2D eigenvalue weighted by atomic mass is 16.5. The Bertz CT molecular complexity index is 1310. The lowest BCUT2D eigenvalue weighted by Crippen LogP contribution is -2.26. The molecule has 0 saturated heterocycles. The predicted octanol–water partition coefficient (Wildman–Crippen LogP) is 4.77. The molecule has 2 aromatic rings. The summed E-state index contributed by atoms with van der Waals surface area (Å²) >= 11 is 0. The number of rotatable bonds is 16. The zero-order valence-corrected chi connectivity index (χ0v) is 26.4. The highest BCUT2D eigenvalue weighted by Crippen LogP contribution is 2.50. The zero-order chi connectivity index (χ0) is 31.4. The van der Waals surface area contributed by atoms with Gasteiger partial charge >= 0.3 is 0 Å². The van der Waals surface area contributed by atoms with Gasteiger partial charge in [0.25, 0.3) is 0 Å². The number of ether oxygens (including phenoxy) is 4. The molecule has 2 aromatic carbocycles. The Kier molecular flexibility index (Phi) is 13.1.